The first-order valence-corrected chi connectivity index (χ1v) is 4.48. The Labute approximate surface area is 44.7 Å². The molecular weight excluding hydrogens is 114 g/mol. The summed E-state index contributed by atoms with van der Waals surface area (Å²) in [4.78, 5) is 24.7. The zero-order chi connectivity index (χ0) is 5.45. The fraction of sp³-hybridized carbons (Fsp3) is 1.00. The summed E-state index contributed by atoms with van der Waals surface area (Å²) < 4.78 is 0. The van der Waals surface area contributed by atoms with Gasteiger partial charge >= 0.3 is 35.3 Å². The first-order valence-electron chi connectivity index (χ1n) is 1.49. The van der Waals surface area contributed by atoms with Gasteiger partial charge in [-0.3, -0.25) is 0 Å². The van der Waals surface area contributed by atoms with Gasteiger partial charge in [-0.15, -0.1) is 0 Å². The van der Waals surface area contributed by atoms with Gasteiger partial charge in [0.25, 0.3) is 0 Å². The van der Waals surface area contributed by atoms with E-state index in [1.165, 1.54) is 0 Å². The van der Waals surface area contributed by atoms with Gasteiger partial charge in [-0.2, -0.15) is 0 Å². The quantitative estimate of drug-likeness (QED) is 0.269. The number of hydrogen-bond donors (Lipinski definition) is 3. The van der Waals surface area contributed by atoms with Crippen LogP contribution in [0.3, 0.4) is 0 Å². The summed E-state index contributed by atoms with van der Waals surface area (Å²) in [5.74, 6) is 0. The van der Waals surface area contributed by atoms with E-state index >= 15 is 0 Å². The third-order valence-corrected chi connectivity index (χ3v) is 0. The molecule has 0 aromatic carbocycles. The molecule has 0 aromatic rings. The zero-order valence-electron chi connectivity index (χ0n) is 3.79. The molecule has 0 rings (SSSR count). The molecular formula is C2H12BO3P. The van der Waals surface area contributed by atoms with Crippen LogP contribution in [0, 0.1) is 0 Å². The van der Waals surface area contributed by atoms with Gasteiger partial charge in [0.05, 0.1) is 8.41 Å². The molecule has 0 amide bonds. The molecule has 3 N–H and O–H groups in total. The number of rotatable bonds is 0. The Hall–Kier alpha value is 0.375. The average molecular weight is 126 g/mol. The minimum absolute atomic E-state index is 0. The fourth-order valence-electron chi connectivity index (χ4n) is 0. The Morgan fingerprint density at radius 2 is 1.00 bits per heavy atom. The van der Waals surface area contributed by atoms with Crippen LogP contribution in [-0.2, 0) is 0 Å². The van der Waals surface area contributed by atoms with Crippen molar-refractivity contribution in [2.75, 3.05) is 13.3 Å². The van der Waals surface area contributed by atoms with Crippen LogP contribution in [-0.4, -0.2) is 36.4 Å². The molecule has 0 atom stereocenters. The summed E-state index contributed by atoms with van der Waals surface area (Å²) in [6.45, 7) is 2.01. The van der Waals surface area contributed by atoms with Crippen molar-refractivity contribution < 1.29 is 14.7 Å². The SMILES string of the molecule is B.CP(C)(O)(O)O. The van der Waals surface area contributed by atoms with E-state index in [1.807, 2.05) is 0 Å². The van der Waals surface area contributed by atoms with Crippen LogP contribution in [0.5, 0.6) is 0 Å². The Balaban J connectivity index is 0. The topological polar surface area (TPSA) is 60.7 Å². The van der Waals surface area contributed by atoms with Gasteiger partial charge in [-0.25, -0.2) is 0 Å². The predicted molar refractivity (Wildman–Crippen MR) is 35.4 cm³/mol. The van der Waals surface area contributed by atoms with Gasteiger partial charge in [-0.05, 0) is 0 Å². The van der Waals surface area contributed by atoms with E-state index in [1.54, 1.807) is 0 Å². The van der Waals surface area contributed by atoms with Crippen molar-refractivity contribution in [3.05, 3.63) is 0 Å². The molecule has 46 valence electrons. The first kappa shape index (κ1) is 10.4. The molecule has 7 heavy (non-hydrogen) atoms. The third kappa shape index (κ3) is 868. The van der Waals surface area contributed by atoms with Crippen molar-refractivity contribution in [1.29, 1.82) is 0 Å². The van der Waals surface area contributed by atoms with Crippen LogP contribution in [0.4, 0.5) is 0 Å². The predicted octanol–water partition coefficient (Wildman–Crippen LogP) is -1.66. The Morgan fingerprint density at radius 1 is 1.00 bits per heavy atom. The second kappa shape index (κ2) is 1.71. The third-order valence-electron chi connectivity index (χ3n) is 0. The molecule has 0 fully saturated rings. The van der Waals surface area contributed by atoms with Crippen LogP contribution < -0.4 is 0 Å². The molecule has 0 saturated carbocycles. The fourth-order valence-corrected chi connectivity index (χ4v) is 0. The van der Waals surface area contributed by atoms with Crippen LogP contribution in [0.25, 0.3) is 0 Å². The summed E-state index contributed by atoms with van der Waals surface area (Å²) in [5, 5.41) is 0. The standard InChI is InChI=1S/C2H9O3P.BH3/c1-6(2,3,4)5;/h3-5H,1-2H3;1H3. The van der Waals surface area contributed by atoms with E-state index in [4.69, 9.17) is 14.7 Å². The molecule has 0 aliphatic carbocycles. The van der Waals surface area contributed by atoms with Gasteiger partial charge in [0.2, 0.25) is 0 Å². The van der Waals surface area contributed by atoms with Crippen molar-refractivity contribution in [2.45, 2.75) is 0 Å². The van der Waals surface area contributed by atoms with E-state index in [9.17, 15) is 0 Å². The normalized spacial score (nSPS) is 16.4. The molecule has 0 saturated heterocycles. The summed E-state index contributed by atoms with van der Waals surface area (Å²) in [7, 11) is -4.05. The van der Waals surface area contributed by atoms with E-state index in [0.29, 0.717) is 0 Å². The molecule has 0 unspecified atom stereocenters. The van der Waals surface area contributed by atoms with Crippen molar-refractivity contribution in [2.24, 2.45) is 0 Å². The van der Waals surface area contributed by atoms with Crippen molar-refractivity contribution in [1.82, 2.24) is 0 Å². The van der Waals surface area contributed by atoms with E-state index in [-0.39, 0.29) is 8.41 Å². The maximum atomic E-state index is 8.23. The van der Waals surface area contributed by atoms with Crippen molar-refractivity contribution in [3.8, 4) is 0 Å². The summed E-state index contributed by atoms with van der Waals surface area (Å²) >= 11 is 0. The average Bonchev–Trinajstić information content (AvgIpc) is 0.650. The van der Waals surface area contributed by atoms with E-state index in [0.717, 1.165) is 13.3 Å². The second-order valence-electron chi connectivity index (χ2n) is 1.92. The molecule has 0 aliphatic rings. The molecule has 0 heterocycles. The number of hydrogen-bond acceptors (Lipinski definition) is 3. The van der Waals surface area contributed by atoms with Gasteiger partial charge in [-0.1, -0.05) is 0 Å². The van der Waals surface area contributed by atoms with Crippen molar-refractivity contribution in [3.63, 3.8) is 0 Å². The van der Waals surface area contributed by atoms with Gasteiger partial charge in [0, 0.05) is 0 Å². The van der Waals surface area contributed by atoms with Crippen LogP contribution >= 0.6 is 7.28 Å². The first-order chi connectivity index (χ1) is 2.24. The molecule has 0 aromatic heterocycles. The summed E-state index contributed by atoms with van der Waals surface area (Å²) in [6.07, 6.45) is 0. The maximum absolute atomic E-state index is 8.23. The van der Waals surface area contributed by atoms with Crippen LogP contribution in [0.2, 0.25) is 0 Å². The van der Waals surface area contributed by atoms with E-state index in [2.05, 4.69) is 0 Å². The molecule has 0 radical (unpaired) electrons. The molecule has 0 aliphatic heterocycles. The summed E-state index contributed by atoms with van der Waals surface area (Å²) in [6, 6.07) is 0. The van der Waals surface area contributed by atoms with Gasteiger partial charge in [0.1, 0.15) is 0 Å². The second-order valence-corrected chi connectivity index (χ2v) is 5.75. The van der Waals surface area contributed by atoms with Crippen LogP contribution in [0.15, 0.2) is 0 Å². The van der Waals surface area contributed by atoms with E-state index < -0.39 is 7.28 Å². The summed E-state index contributed by atoms with van der Waals surface area (Å²) in [5.41, 5.74) is 0. The molecule has 0 bridgehead atoms. The monoisotopic (exact) mass is 126 g/mol. The minimum atomic E-state index is -4.05. The van der Waals surface area contributed by atoms with Crippen molar-refractivity contribution >= 4 is 15.7 Å². The molecule has 3 nitrogen and oxygen atoms in total. The zero-order valence-corrected chi connectivity index (χ0v) is 4.68. The van der Waals surface area contributed by atoms with Crippen LogP contribution in [0.1, 0.15) is 0 Å². The van der Waals surface area contributed by atoms with Gasteiger partial charge in [0.15, 0.2) is 0 Å². The molecule has 0 spiro atoms. The van der Waals surface area contributed by atoms with Gasteiger partial charge < -0.3 is 0 Å². The Kier molecular flexibility index (Phi) is 2.54. The Bertz CT molecular complexity index is 46.1. The molecule has 5 heteroatoms. The Morgan fingerprint density at radius 3 is 1.00 bits per heavy atom.